The van der Waals surface area contributed by atoms with Crippen molar-refractivity contribution in [3.63, 3.8) is 0 Å². The number of hydrogen-bond donors (Lipinski definition) is 1. The van der Waals surface area contributed by atoms with Gasteiger partial charge in [-0.15, -0.1) is 10.2 Å². The molecule has 2 fully saturated rings. The predicted octanol–water partition coefficient (Wildman–Crippen LogP) is 2.86. The molecule has 0 saturated carbocycles. The predicted molar refractivity (Wildman–Crippen MR) is 129 cm³/mol. The number of anilines is 1. The van der Waals surface area contributed by atoms with Gasteiger partial charge in [0, 0.05) is 19.7 Å². The van der Waals surface area contributed by atoms with Gasteiger partial charge in [0.05, 0.1) is 24.4 Å². The molecule has 2 aromatic rings. The van der Waals surface area contributed by atoms with Crippen molar-refractivity contribution in [1.82, 2.24) is 20.1 Å². The summed E-state index contributed by atoms with van der Waals surface area (Å²) in [6.45, 7) is 4.98. The number of Topliss-reactive ketones (excluding diaryl/α,β-unsaturated/α-hetero) is 1. The van der Waals surface area contributed by atoms with E-state index in [1.165, 1.54) is 25.1 Å². The third-order valence-electron chi connectivity index (χ3n) is 6.19. The van der Waals surface area contributed by atoms with Crippen molar-refractivity contribution >= 4 is 29.4 Å². The maximum Gasteiger partial charge on any atom is 0.231 e. The van der Waals surface area contributed by atoms with Gasteiger partial charge in [-0.3, -0.25) is 14.2 Å². The van der Waals surface area contributed by atoms with E-state index in [4.69, 9.17) is 4.74 Å². The standard InChI is InChI=1S/C24H33N5O3S/c1-18(30)21(15-19-9-4-2-5-10-19)25-22(31)17-33-24-27-26-23(28-12-6-3-7-13-28)29(24)16-20-11-8-14-32-20/h2,4-5,9-10,20-21H,3,6-8,11-17H2,1H3,(H,25,31). The smallest absolute Gasteiger partial charge is 0.231 e. The Hall–Kier alpha value is -2.39. The van der Waals surface area contributed by atoms with E-state index in [0.717, 1.165) is 62.0 Å². The normalized spacial score (nSPS) is 19.4. The first kappa shape index (κ1) is 23.8. The summed E-state index contributed by atoms with van der Waals surface area (Å²) in [5.74, 6) is 0.828. The molecule has 2 aliphatic heterocycles. The number of benzene rings is 1. The zero-order valence-electron chi connectivity index (χ0n) is 19.2. The van der Waals surface area contributed by atoms with Crippen LogP contribution in [0.15, 0.2) is 35.5 Å². The molecule has 1 aromatic heterocycles. The molecule has 1 amide bonds. The zero-order valence-corrected chi connectivity index (χ0v) is 20.1. The molecule has 9 heteroatoms. The highest BCUT2D eigenvalue weighted by Crippen LogP contribution is 2.27. The Labute approximate surface area is 199 Å². The number of nitrogens with zero attached hydrogens (tertiary/aromatic N) is 4. The van der Waals surface area contributed by atoms with Crippen LogP contribution in [0.2, 0.25) is 0 Å². The Balaban J connectivity index is 1.40. The number of hydrogen-bond acceptors (Lipinski definition) is 7. The number of nitrogens with one attached hydrogen (secondary N) is 1. The van der Waals surface area contributed by atoms with Crippen LogP contribution >= 0.6 is 11.8 Å². The van der Waals surface area contributed by atoms with E-state index >= 15 is 0 Å². The van der Waals surface area contributed by atoms with Crippen molar-refractivity contribution < 1.29 is 14.3 Å². The summed E-state index contributed by atoms with van der Waals surface area (Å²) in [7, 11) is 0. The summed E-state index contributed by atoms with van der Waals surface area (Å²) >= 11 is 1.37. The van der Waals surface area contributed by atoms with E-state index in [9.17, 15) is 9.59 Å². The number of carbonyl (C=O) groups is 2. The molecule has 1 N–H and O–H groups in total. The minimum atomic E-state index is -0.533. The number of ketones is 1. The summed E-state index contributed by atoms with van der Waals surface area (Å²) < 4.78 is 7.98. The maximum atomic E-state index is 12.7. The van der Waals surface area contributed by atoms with Gasteiger partial charge in [0.25, 0.3) is 0 Å². The molecule has 1 aromatic carbocycles. The lowest BCUT2D eigenvalue weighted by Crippen LogP contribution is -2.42. The first-order valence-electron chi connectivity index (χ1n) is 11.9. The van der Waals surface area contributed by atoms with Crippen molar-refractivity contribution in [2.24, 2.45) is 0 Å². The molecule has 2 saturated heterocycles. The number of amides is 1. The van der Waals surface area contributed by atoms with Gasteiger partial charge in [-0.1, -0.05) is 42.1 Å². The van der Waals surface area contributed by atoms with E-state index in [1.54, 1.807) is 0 Å². The van der Waals surface area contributed by atoms with E-state index in [2.05, 4.69) is 25.0 Å². The molecule has 0 bridgehead atoms. The molecule has 2 aliphatic rings. The second kappa shape index (κ2) is 11.7. The monoisotopic (exact) mass is 471 g/mol. The van der Waals surface area contributed by atoms with Crippen molar-refractivity contribution in [3.8, 4) is 0 Å². The first-order chi connectivity index (χ1) is 16.1. The van der Waals surface area contributed by atoms with Crippen molar-refractivity contribution in [1.29, 1.82) is 0 Å². The van der Waals surface area contributed by atoms with E-state index < -0.39 is 6.04 Å². The number of piperidine rings is 1. The van der Waals surface area contributed by atoms with Crippen LogP contribution in [0.3, 0.4) is 0 Å². The number of rotatable bonds is 10. The highest BCUT2D eigenvalue weighted by molar-refractivity contribution is 7.99. The lowest BCUT2D eigenvalue weighted by Gasteiger charge is -2.28. The van der Waals surface area contributed by atoms with Crippen LogP contribution in [0, 0.1) is 0 Å². The fraction of sp³-hybridized carbons (Fsp3) is 0.583. The number of carbonyl (C=O) groups excluding carboxylic acids is 2. The van der Waals surface area contributed by atoms with Gasteiger partial charge in [0.15, 0.2) is 10.9 Å². The van der Waals surface area contributed by atoms with Crippen molar-refractivity contribution in [3.05, 3.63) is 35.9 Å². The van der Waals surface area contributed by atoms with Gasteiger partial charge >= 0.3 is 0 Å². The van der Waals surface area contributed by atoms with Gasteiger partial charge in [0.1, 0.15) is 0 Å². The maximum absolute atomic E-state index is 12.7. The molecule has 33 heavy (non-hydrogen) atoms. The third kappa shape index (κ3) is 6.57. The lowest BCUT2D eigenvalue weighted by molar-refractivity contribution is -0.125. The highest BCUT2D eigenvalue weighted by Gasteiger charge is 2.25. The van der Waals surface area contributed by atoms with Crippen LogP contribution in [0.4, 0.5) is 5.95 Å². The zero-order chi connectivity index (χ0) is 23.0. The number of ether oxygens (including phenoxy) is 1. The Morgan fingerprint density at radius 3 is 2.64 bits per heavy atom. The molecule has 2 atom stereocenters. The highest BCUT2D eigenvalue weighted by atomic mass is 32.2. The Kier molecular flexibility index (Phi) is 8.39. The van der Waals surface area contributed by atoms with Crippen LogP contribution in [0.5, 0.6) is 0 Å². The molecular formula is C24H33N5O3S. The van der Waals surface area contributed by atoms with Crippen molar-refractivity contribution in [2.45, 2.75) is 69.3 Å². The first-order valence-corrected chi connectivity index (χ1v) is 12.8. The fourth-order valence-electron chi connectivity index (χ4n) is 4.38. The average Bonchev–Trinajstić information content (AvgIpc) is 3.49. The summed E-state index contributed by atoms with van der Waals surface area (Å²) in [5.41, 5.74) is 1.02. The third-order valence-corrected chi connectivity index (χ3v) is 7.15. The van der Waals surface area contributed by atoms with Gasteiger partial charge in [0.2, 0.25) is 11.9 Å². The van der Waals surface area contributed by atoms with Crippen LogP contribution in [-0.4, -0.2) is 64.0 Å². The average molecular weight is 472 g/mol. The van der Waals surface area contributed by atoms with E-state index in [-0.39, 0.29) is 23.5 Å². The van der Waals surface area contributed by atoms with Gasteiger partial charge in [-0.2, -0.15) is 0 Å². The Bertz CT molecular complexity index is 923. The molecule has 0 aliphatic carbocycles. The van der Waals surface area contributed by atoms with Crippen LogP contribution < -0.4 is 10.2 Å². The molecular weight excluding hydrogens is 438 g/mol. The molecule has 8 nitrogen and oxygen atoms in total. The second-order valence-corrected chi connectivity index (χ2v) is 9.73. The Morgan fingerprint density at radius 2 is 1.94 bits per heavy atom. The SMILES string of the molecule is CC(=O)C(Cc1ccccc1)NC(=O)CSc1nnc(N2CCCCC2)n1CC1CCCO1. The molecule has 3 heterocycles. The topological polar surface area (TPSA) is 89.4 Å². The molecule has 2 unspecified atom stereocenters. The Morgan fingerprint density at radius 1 is 1.15 bits per heavy atom. The minimum Gasteiger partial charge on any atom is -0.376 e. The van der Waals surface area contributed by atoms with Gasteiger partial charge in [-0.25, -0.2) is 0 Å². The number of thioether (sulfide) groups is 1. The van der Waals surface area contributed by atoms with E-state index in [0.29, 0.717) is 13.0 Å². The molecule has 178 valence electrons. The summed E-state index contributed by atoms with van der Waals surface area (Å²) in [5, 5.41) is 12.5. The molecule has 0 spiro atoms. The quantitative estimate of drug-likeness (QED) is 0.533. The summed E-state index contributed by atoms with van der Waals surface area (Å²) in [6, 6.07) is 9.20. The van der Waals surface area contributed by atoms with E-state index in [1.807, 2.05) is 30.3 Å². The largest absolute Gasteiger partial charge is 0.376 e. The van der Waals surface area contributed by atoms with Crippen molar-refractivity contribution in [2.75, 3.05) is 30.3 Å². The van der Waals surface area contributed by atoms with Crippen LogP contribution in [0.1, 0.15) is 44.6 Å². The van der Waals surface area contributed by atoms with Crippen LogP contribution in [-0.2, 0) is 27.3 Å². The number of aromatic nitrogens is 3. The van der Waals surface area contributed by atoms with Gasteiger partial charge in [-0.05, 0) is 51.0 Å². The molecule has 4 rings (SSSR count). The summed E-state index contributed by atoms with van der Waals surface area (Å²) in [6.07, 6.45) is 6.31. The minimum absolute atomic E-state index is 0.0499. The summed E-state index contributed by atoms with van der Waals surface area (Å²) in [4.78, 5) is 27.1. The van der Waals surface area contributed by atoms with Crippen LogP contribution in [0.25, 0.3) is 0 Å². The fourth-order valence-corrected chi connectivity index (χ4v) is 5.13. The van der Waals surface area contributed by atoms with Gasteiger partial charge < -0.3 is 15.0 Å². The second-order valence-electron chi connectivity index (χ2n) is 8.79. The lowest BCUT2D eigenvalue weighted by atomic mass is 10.0. The molecule has 0 radical (unpaired) electrons.